The van der Waals surface area contributed by atoms with Crippen LogP contribution in [0.25, 0.3) is 0 Å². The van der Waals surface area contributed by atoms with Crippen LogP contribution in [0.15, 0.2) is 0 Å². The highest BCUT2D eigenvalue weighted by Gasteiger charge is 2.16. The maximum atomic E-state index is 2.52. The van der Waals surface area contributed by atoms with Crippen molar-refractivity contribution in [2.75, 3.05) is 0 Å². The average molecular weight is 186 g/mol. The Hall–Kier alpha value is 0.217. The van der Waals surface area contributed by atoms with E-state index in [4.69, 9.17) is 0 Å². The van der Waals surface area contributed by atoms with Gasteiger partial charge in [-0.1, -0.05) is 71.1 Å². The first-order valence-electron chi connectivity index (χ1n) is 5.62. The van der Waals surface area contributed by atoms with Gasteiger partial charge in [0.05, 0.1) is 0 Å². The zero-order valence-corrected chi connectivity index (χ0v) is 10.4. The molecule has 74 valence electrons. The van der Waals surface area contributed by atoms with Crippen LogP contribution in [0.5, 0.6) is 0 Å². The van der Waals surface area contributed by atoms with E-state index in [1.807, 2.05) is 0 Å². The molecule has 0 aromatic carbocycles. The molecule has 0 saturated carbocycles. The van der Waals surface area contributed by atoms with E-state index < -0.39 is 8.07 Å². The van der Waals surface area contributed by atoms with Crippen molar-refractivity contribution in [3.63, 3.8) is 0 Å². The third kappa shape index (κ3) is 6.90. The third-order valence-corrected chi connectivity index (χ3v) is 6.54. The summed E-state index contributed by atoms with van der Waals surface area (Å²) in [5, 5.41) is 0. The zero-order valence-electron chi connectivity index (χ0n) is 9.45. The van der Waals surface area contributed by atoms with Gasteiger partial charge < -0.3 is 0 Å². The number of hydrogen-bond donors (Lipinski definition) is 0. The summed E-state index contributed by atoms with van der Waals surface area (Å²) >= 11 is 0. The molecule has 0 spiro atoms. The molecule has 1 heteroatoms. The molecule has 12 heavy (non-hydrogen) atoms. The molecule has 0 aromatic heterocycles. The highest BCUT2D eigenvalue weighted by atomic mass is 28.3. The van der Waals surface area contributed by atoms with Crippen molar-refractivity contribution < 1.29 is 0 Å². The zero-order chi connectivity index (χ0) is 9.45. The van der Waals surface area contributed by atoms with Crippen LogP contribution in [0.4, 0.5) is 0 Å². The molecule has 0 aliphatic heterocycles. The lowest BCUT2D eigenvalue weighted by Gasteiger charge is -2.19. The Kier molecular flexibility index (Phi) is 6.82. The Bertz CT molecular complexity index is 97.2. The van der Waals surface area contributed by atoms with Crippen molar-refractivity contribution in [1.82, 2.24) is 0 Å². The summed E-state index contributed by atoms with van der Waals surface area (Å²) in [6.07, 6.45) is 7.24. The van der Waals surface area contributed by atoms with Crippen LogP contribution in [0.2, 0.25) is 25.2 Å². The number of hydrogen-bond acceptors (Lipinski definition) is 0. The van der Waals surface area contributed by atoms with E-state index in [9.17, 15) is 0 Å². The Labute approximate surface area is 79.8 Å². The van der Waals surface area contributed by atoms with Gasteiger partial charge in [-0.05, 0) is 0 Å². The van der Waals surface area contributed by atoms with E-state index in [1.165, 1.54) is 38.1 Å². The van der Waals surface area contributed by atoms with Crippen LogP contribution in [0, 0.1) is 0 Å². The highest BCUT2D eigenvalue weighted by Crippen LogP contribution is 2.18. The molecule has 0 fully saturated rings. The van der Waals surface area contributed by atoms with Gasteiger partial charge in [-0.15, -0.1) is 0 Å². The molecule has 0 amide bonds. The quantitative estimate of drug-likeness (QED) is 0.400. The number of unbranched alkanes of at least 4 members (excludes halogenated alkanes) is 4. The Morgan fingerprint density at radius 3 is 1.92 bits per heavy atom. The van der Waals surface area contributed by atoms with Crippen molar-refractivity contribution >= 4 is 8.07 Å². The van der Waals surface area contributed by atoms with Gasteiger partial charge in [-0.2, -0.15) is 0 Å². The maximum absolute atomic E-state index is 2.52. The minimum atomic E-state index is -0.737. The van der Waals surface area contributed by atoms with Gasteiger partial charge in [0, 0.05) is 8.07 Å². The van der Waals surface area contributed by atoms with Crippen molar-refractivity contribution in [2.24, 2.45) is 0 Å². The van der Waals surface area contributed by atoms with E-state index in [2.05, 4.69) is 26.9 Å². The molecule has 0 atom stereocenters. The first-order chi connectivity index (χ1) is 5.62. The molecule has 0 aliphatic carbocycles. The van der Waals surface area contributed by atoms with Crippen LogP contribution >= 0.6 is 0 Å². The summed E-state index contributed by atoms with van der Waals surface area (Å²) in [5.41, 5.74) is 0. The molecule has 0 bridgehead atoms. The second-order valence-electron chi connectivity index (χ2n) is 4.68. The molecule has 0 heterocycles. The first-order valence-corrected chi connectivity index (χ1v) is 9.04. The van der Waals surface area contributed by atoms with Gasteiger partial charge >= 0.3 is 0 Å². The van der Waals surface area contributed by atoms with Gasteiger partial charge in [-0.3, -0.25) is 0 Å². The van der Waals surface area contributed by atoms with Gasteiger partial charge in [-0.25, -0.2) is 0 Å². The van der Waals surface area contributed by atoms with E-state index in [0.717, 1.165) is 0 Å². The topological polar surface area (TPSA) is 0 Å². The molecule has 0 N–H and O–H groups in total. The molecular formula is C11H26Si. The second kappa shape index (κ2) is 6.70. The third-order valence-electron chi connectivity index (χ3n) is 2.91. The van der Waals surface area contributed by atoms with Gasteiger partial charge in [0.2, 0.25) is 0 Å². The molecule has 0 saturated heterocycles. The largest absolute Gasteiger partial charge is 0.0694 e. The molecular weight excluding hydrogens is 160 g/mol. The minimum absolute atomic E-state index is 0.737. The Morgan fingerprint density at radius 1 is 0.833 bits per heavy atom. The fourth-order valence-electron chi connectivity index (χ4n) is 1.38. The molecule has 0 aliphatic rings. The van der Waals surface area contributed by atoms with Crippen LogP contribution in [-0.4, -0.2) is 8.07 Å². The fraction of sp³-hybridized carbons (Fsp3) is 1.00. The lowest BCUT2D eigenvalue weighted by molar-refractivity contribution is 0.652. The average Bonchev–Trinajstić information content (AvgIpc) is 2.04. The summed E-state index contributed by atoms with van der Waals surface area (Å²) in [5.74, 6) is 0. The first kappa shape index (κ1) is 12.2. The van der Waals surface area contributed by atoms with Gasteiger partial charge in [0.1, 0.15) is 0 Å². The second-order valence-corrected chi connectivity index (χ2v) is 10.2. The van der Waals surface area contributed by atoms with Crippen molar-refractivity contribution in [3.8, 4) is 0 Å². The lowest BCUT2D eigenvalue weighted by atomic mass is 10.2. The van der Waals surface area contributed by atoms with Crippen molar-refractivity contribution in [1.29, 1.82) is 0 Å². The van der Waals surface area contributed by atoms with Crippen molar-refractivity contribution in [3.05, 3.63) is 0 Å². The van der Waals surface area contributed by atoms with Crippen LogP contribution in [-0.2, 0) is 0 Å². The lowest BCUT2D eigenvalue weighted by Crippen LogP contribution is -2.22. The van der Waals surface area contributed by atoms with E-state index in [-0.39, 0.29) is 0 Å². The molecule has 0 unspecified atom stereocenters. The summed E-state index contributed by atoms with van der Waals surface area (Å²) in [6, 6.07) is 3.01. The molecule has 0 nitrogen and oxygen atoms in total. The molecule has 0 radical (unpaired) electrons. The van der Waals surface area contributed by atoms with Crippen LogP contribution < -0.4 is 0 Å². The predicted molar refractivity (Wildman–Crippen MR) is 61.5 cm³/mol. The fourth-order valence-corrected chi connectivity index (χ4v) is 2.94. The predicted octanol–water partition coefficient (Wildman–Crippen LogP) is 4.69. The summed E-state index contributed by atoms with van der Waals surface area (Å²) in [6.45, 7) is 9.68. The highest BCUT2D eigenvalue weighted by molar-refractivity contribution is 6.77. The van der Waals surface area contributed by atoms with Crippen LogP contribution in [0.1, 0.15) is 46.0 Å². The number of rotatable bonds is 7. The smallest absolute Gasteiger partial charge is 0.0471 e. The van der Waals surface area contributed by atoms with E-state index >= 15 is 0 Å². The SMILES string of the molecule is CCCCCCC[Si](C)(C)CC. The van der Waals surface area contributed by atoms with Gasteiger partial charge in [0.25, 0.3) is 0 Å². The normalized spacial score (nSPS) is 12.0. The Balaban J connectivity index is 3.19. The monoisotopic (exact) mass is 186 g/mol. The Morgan fingerprint density at radius 2 is 1.42 bits per heavy atom. The van der Waals surface area contributed by atoms with Gasteiger partial charge in [0.15, 0.2) is 0 Å². The standard InChI is InChI=1S/C11H26Si/c1-5-7-8-9-10-11-12(3,4)6-2/h5-11H2,1-4H3. The van der Waals surface area contributed by atoms with Crippen molar-refractivity contribution in [2.45, 2.75) is 71.1 Å². The summed E-state index contributed by atoms with van der Waals surface area (Å²) < 4.78 is 0. The minimum Gasteiger partial charge on any atom is -0.0694 e. The maximum Gasteiger partial charge on any atom is 0.0471 e. The van der Waals surface area contributed by atoms with E-state index in [0.29, 0.717) is 0 Å². The molecule has 0 rings (SSSR count). The summed E-state index contributed by atoms with van der Waals surface area (Å²) in [4.78, 5) is 0. The van der Waals surface area contributed by atoms with Crippen LogP contribution in [0.3, 0.4) is 0 Å². The summed E-state index contributed by atoms with van der Waals surface area (Å²) in [7, 11) is -0.737. The van der Waals surface area contributed by atoms with E-state index in [1.54, 1.807) is 6.04 Å². The molecule has 0 aromatic rings.